The molecule has 1 fully saturated rings. The minimum absolute atomic E-state index is 0.427. The number of methoxy groups -OCH3 is 1. The molecule has 1 aliphatic rings. The highest BCUT2D eigenvalue weighted by atomic mass is 16.5. The van der Waals surface area contributed by atoms with E-state index in [0.29, 0.717) is 5.41 Å². The van der Waals surface area contributed by atoms with E-state index < -0.39 is 0 Å². The standard InChI is InChI=1S/C10H19O/c1-4-7-10(2,8-11-3)9-5-6-9/h9H,1,4-8H2,2-3H3. The van der Waals surface area contributed by atoms with Crippen molar-refractivity contribution >= 4 is 0 Å². The second-order valence-corrected chi connectivity index (χ2v) is 3.96. The Labute approximate surface area is 70.1 Å². The third kappa shape index (κ3) is 2.19. The molecule has 65 valence electrons. The first-order valence-corrected chi connectivity index (χ1v) is 4.51. The average molecular weight is 155 g/mol. The summed E-state index contributed by atoms with van der Waals surface area (Å²) in [6.45, 7) is 7.15. The summed E-state index contributed by atoms with van der Waals surface area (Å²) in [5, 5.41) is 0. The topological polar surface area (TPSA) is 9.23 Å². The normalized spacial score (nSPS) is 23.2. The van der Waals surface area contributed by atoms with E-state index in [0.717, 1.165) is 18.9 Å². The molecular weight excluding hydrogens is 136 g/mol. The molecular formula is C10H19O. The lowest BCUT2D eigenvalue weighted by atomic mass is 9.81. The highest BCUT2D eigenvalue weighted by Crippen LogP contribution is 2.48. The summed E-state index contributed by atoms with van der Waals surface area (Å²) in [6.07, 6.45) is 5.06. The second-order valence-electron chi connectivity index (χ2n) is 3.96. The lowest BCUT2D eigenvalue weighted by Crippen LogP contribution is -2.24. The van der Waals surface area contributed by atoms with Gasteiger partial charge in [0, 0.05) is 7.11 Å². The Hall–Kier alpha value is -0.0400. The van der Waals surface area contributed by atoms with Crippen LogP contribution in [0.3, 0.4) is 0 Å². The van der Waals surface area contributed by atoms with E-state index in [1.807, 2.05) is 0 Å². The summed E-state index contributed by atoms with van der Waals surface area (Å²) < 4.78 is 5.23. The van der Waals surface area contributed by atoms with Crippen molar-refractivity contribution in [1.29, 1.82) is 0 Å². The van der Waals surface area contributed by atoms with Crippen LogP contribution in [-0.4, -0.2) is 13.7 Å². The van der Waals surface area contributed by atoms with Crippen LogP contribution in [0.25, 0.3) is 0 Å². The average Bonchev–Trinajstić information content (AvgIpc) is 2.68. The lowest BCUT2D eigenvalue weighted by Gasteiger charge is -2.28. The molecule has 0 aromatic heterocycles. The predicted molar refractivity (Wildman–Crippen MR) is 47.3 cm³/mol. The molecule has 0 spiro atoms. The quantitative estimate of drug-likeness (QED) is 0.593. The Bertz CT molecular complexity index is 110. The summed E-state index contributed by atoms with van der Waals surface area (Å²) in [4.78, 5) is 0. The minimum atomic E-state index is 0.427. The van der Waals surface area contributed by atoms with Crippen molar-refractivity contribution in [2.45, 2.75) is 32.6 Å². The van der Waals surface area contributed by atoms with Crippen LogP contribution >= 0.6 is 0 Å². The van der Waals surface area contributed by atoms with Crippen molar-refractivity contribution in [2.75, 3.05) is 13.7 Å². The molecule has 1 rings (SSSR count). The van der Waals surface area contributed by atoms with Gasteiger partial charge in [0.25, 0.3) is 0 Å². The van der Waals surface area contributed by atoms with Crippen molar-refractivity contribution in [3.63, 3.8) is 0 Å². The minimum Gasteiger partial charge on any atom is -0.384 e. The zero-order valence-corrected chi connectivity index (χ0v) is 7.73. The van der Waals surface area contributed by atoms with Gasteiger partial charge in [-0.15, -0.1) is 0 Å². The lowest BCUT2D eigenvalue weighted by molar-refractivity contribution is 0.0693. The molecule has 11 heavy (non-hydrogen) atoms. The molecule has 1 saturated carbocycles. The zero-order chi connectivity index (χ0) is 8.32. The van der Waals surface area contributed by atoms with Crippen LogP contribution in [0.2, 0.25) is 0 Å². The van der Waals surface area contributed by atoms with Gasteiger partial charge in [-0.2, -0.15) is 0 Å². The van der Waals surface area contributed by atoms with Gasteiger partial charge in [0.05, 0.1) is 6.61 Å². The van der Waals surface area contributed by atoms with Gasteiger partial charge >= 0.3 is 0 Å². The van der Waals surface area contributed by atoms with E-state index in [4.69, 9.17) is 4.74 Å². The van der Waals surface area contributed by atoms with E-state index >= 15 is 0 Å². The highest BCUT2D eigenvalue weighted by molar-refractivity contribution is 4.90. The predicted octanol–water partition coefficient (Wildman–Crippen LogP) is 2.66. The molecule has 0 amide bonds. The van der Waals surface area contributed by atoms with E-state index in [2.05, 4.69) is 13.8 Å². The van der Waals surface area contributed by atoms with Crippen LogP contribution in [-0.2, 0) is 4.74 Å². The van der Waals surface area contributed by atoms with Gasteiger partial charge in [0.2, 0.25) is 0 Å². The van der Waals surface area contributed by atoms with Crippen LogP contribution in [0.4, 0.5) is 0 Å². The van der Waals surface area contributed by atoms with Crippen molar-refractivity contribution in [3.8, 4) is 0 Å². The molecule has 1 unspecified atom stereocenters. The monoisotopic (exact) mass is 155 g/mol. The molecule has 1 heteroatoms. The van der Waals surface area contributed by atoms with Gasteiger partial charge in [-0.3, -0.25) is 0 Å². The molecule has 0 bridgehead atoms. The maximum absolute atomic E-state index is 5.23. The number of hydrogen-bond donors (Lipinski definition) is 0. The Balaban J connectivity index is 2.39. The van der Waals surface area contributed by atoms with E-state index in [-0.39, 0.29) is 0 Å². The summed E-state index contributed by atoms with van der Waals surface area (Å²) in [5.41, 5.74) is 0.427. The Kier molecular flexibility index (Phi) is 2.94. The summed E-state index contributed by atoms with van der Waals surface area (Å²) in [5.74, 6) is 0.921. The Morgan fingerprint density at radius 1 is 1.55 bits per heavy atom. The zero-order valence-electron chi connectivity index (χ0n) is 7.73. The summed E-state index contributed by atoms with van der Waals surface area (Å²) in [7, 11) is 1.80. The van der Waals surface area contributed by atoms with Crippen LogP contribution in [0.5, 0.6) is 0 Å². The maximum Gasteiger partial charge on any atom is 0.0518 e. The summed E-state index contributed by atoms with van der Waals surface area (Å²) in [6, 6.07) is 0. The van der Waals surface area contributed by atoms with Crippen LogP contribution in [0, 0.1) is 18.3 Å². The molecule has 1 radical (unpaired) electrons. The number of rotatable bonds is 5. The Morgan fingerprint density at radius 2 is 2.18 bits per heavy atom. The van der Waals surface area contributed by atoms with Crippen molar-refractivity contribution in [3.05, 3.63) is 6.92 Å². The van der Waals surface area contributed by atoms with Gasteiger partial charge in [0.1, 0.15) is 0 Å². The fourth-order valence-corrected chi connectivity index (χ4v) is 1.91. The van der Waals surface area contributed by atoms with Crippen molar-refractivity contribution in [1.82, 2.24) is 0 Å². The first-order chi connectivity index (χ1) is 5.23. The van der Waals surface area contributed by atoms with Crippen LogP contribution < -0.4 is 0 Å². The van der Waals surface area contributed by atoms with Crippen molar-refractivity contribution < 1.29 is 4.74 Å². The van der Waals surface area contributed by atoms with E-state index in [1.165, 1.54) is 19.3 Å². The molecule has 0 N–H and O–H groups in total. The molecule has 1 aliphatic carbocycles. The maximum atomic E-state index is 5.23. The van der Waals surface area contributed by atoms with E-state index in [1.54, 1.807) is 7.11 Å². The SMILES string of the molecule is [CH2]CCC(C)(COC)C1CC1. The third-order valence-electron chi connectivity index (χ3n) is 2.78. The summed E-state index contributed by atoms with van der Waals surface area (Å²) >= 11 is 0. The fourth-order valence-electron chi connectivity index (χ4n) is 1.91. The number of ether oxygens (including phenoxy) is 1. The smallest absolute Gasteiger partial charge is 0.0518 e. The van der Waals surface area contributed by atoms with E-state index in [9.17, 15) is 0 Å². The van der Waals surface area contributed by atoms with Crippen LogP contribution in [0.15, 0.2) is 0 Å². The Morgan fingerprint density at radius 3 is 2.55 bits per heavy atom. The molecule has 0 aromatic carbocycles. The molecule has 0 heterocycles. The highest BCUT2D eigenvalue weighted by Gasteiger charge is 2.40. The number of hydrogen-bond acceptors (Lipinski definition) is 1. The first-order valence-electron chi connectivity index (χ1n) is 4.51. The first kappa shape index (κ1) is 9.05. The molecule has 1 atom stereocenters. The largest absolute Gasteiger partial charge is 0.384 e. The molecule has 0 aromatic rings. The van der Waals surface area contributed by atoms with Crippen molar-refractivity contribution in [2.24, 2.45) is 11.3 Å². The van der Waals surface area contributed by atoms with Gasteiger partial charge in [-0.25, -0.2) is 0 Å². The molecule has 0 saturated heterocycles. The molecule has 0 aliphatic heterocycles. The molecule has 1 nitrogen and oxygen atoms in total. The van der Waals surface area contributed by atoms with Gasteiger partial charge in [-0.1, -0.05) is 20.3 Å². The third-order valence-corrected chi connectivity index (χ3v) is 2.78. The van der Waals surface area contributed by atoms with Crippen LogP contribution in [0.1, 0.15) is 32.6 Å². The van der Waals surface area contributed by atoms with Gasteiger partial charge in [-0.05, 0) is 30.6 Å². The van der Waals surface area contributed by atoms with Gasteiger partial charge < -0.3 is 4.74 Å². The second kappa shape index (κ2) is 3.57. The van der Waals surface area contributed by atoms with Gasteiger partial charge in [0.15, 0.2) is 0 Å². The fraction of sp³-hybridized carbons (Fsp3) is 0.900.